The number of hydrogen-bond acceptors (Lipinski definition) is 3. The molecule has 1 N–H and O–H groups in total. The summed E-state index contributed by atoms with van der Waals surface area (Å²) in [6, 6.07) is 8.02. The molecular weight excluding hydrogens is 220 g/mol. The van der Waals surface area contributed by atoms with Crippen LogP contribution >= 0.6 is 11.8 Å². The van der Waals surface area contributed by atoms with Crippen molar-refractivity contribution in [3.8, 4) is 5.75 Å². The van der Waals surface area contributed by atoms with Crippen LogP contribution in [0.15, 0.2) is 29.2 Å². The summed E-state index contributed by atoms with van der Waals surface area (Å²) in [6.45, 7) is 0. The number of para-hydroxylation sites is 1. The summed E-state index contributed by atoms with van der Waals surface area (Å²) in [6.07, 6.45) is 4.26. The monoisotopic (exact) mass is 238 g/mol. The van der Waals surface area contributed by atoms with Crippen LogP contribution in [0.25, 0.3) is 0 Å². The van der Waals surface area contributed by atoms with E-state index < -0.39 is 0 Å². The van der Waals surface area contributed by atoms with Gasteiger partial charge < -0.3 is 9.84 Å². The average Bonchev–Trinajstić information content (AvgIpc) is 2.33. The second-order valence-electron chi connectivity index (χ2n) is 4.16. The van der Waals surface area contributed by atoms with E-state index in [0.29, 0.717) is 5.25 Å². The summed E-state index contributed by atoms with van der Waals surface area (Å²) in [5.41, 5.74) is 0. The maximum absolute atomic E-state index is 9.93. The van der Waals surface area contributed by atoms with Gasteiger partial charge in [0.25, 0.3) is 0 Å². The van der Waals surface area contributed by atoms with Gasteiger partial charge in [0.2, 0.25) is 0 Å². The van der Waals surface area contributed by atoms with Gasteiger partial charge in [-0.05, 0) is 25.0 Å². The SMILES string of the molecule is COc1ccccc1S[C@H]1CCCC[C@@H]1O. The van der Waals surface area contributed by atoms with Gasteiger partial charge in [-0.25, -0.2) is 0 Å². The summed E-state index contributed by atoms with van der Waals surface area (Å²) in [4.78, 5) is 1.14. The first kappa shape index (κ1) is 11.8. The Bertz CT molecular complexity index is 340. The van der Waals surface area contributed by atoms with Crippen molar-refractivity contribution in [1.82, 2.24) is 0 Å². The Morgan fingerprint density at radius 2 is 2.00 bits per heavy atom. The predicted molar refractivity (Wildman–Crippen MR) is 67.1 cm³/mol. The van der Waals surface area contributed by atoms with Crippen LogP contribution < -0.4 is 4.74 Å². The molecule has 2 rings (SSSR count). The standard InChI is InChI=1S/C13H18O2S/c1-15-11-7-3-5-9-13(11)16-12-8-4-2-6-10(12)14/h3,5,7,9-10,12,14H,2,4,6,8H2,1H3/t10-,12-/m0/s1. The lowest BCUT2D eigenvalue weighted by molar-refractivity contribution is 0.137. The molecular formula is C13H18O2S. The van der Waals surface area contributed by atoms with Crippen molar-refractivity contribution in [2.75, 3.05) is 7.11 Å². The van der Waals surface area contributed by atoms with E-state index in [-0.39, 0.29) is 6.10 Å². The number of aliphatic hydroxyl groups is 1. The molecule has 0 aromatic heterocycles. The van der Waals surface area contributed by atoms with Crippen LogP contribution in [0.2, 0.25) is 0 Å². The number of aliphatic hydroxyl groups excluding tert-OH is 1. The number of ether oxygens (including phenoxy) is 1. The van der Waals surface area contributed by atoms with Gasteiger partial charge >= 0.3 is 0 Å². The van der Waals surface area contributed by atoms with Crippen molar-refractivity contribution in [2.24, 2.45) is 0 Å². The fourth-order valence-corrected chi connectivity index (χ4v) is 3.42. The van der Waals surface area contributed by atoms with E-state index in [9.17, 15) is 5.11 Å². The number of methoxy groups -OCH3 is 1. The molecule has 0 heterocycles. The van der Waals surface area contributed by atoms with Crippen LogP contribution in [0.4, 0.5) is 0 Å². The first-order valence-electron chi connectivity index (χ1n) is 5.79. The third-order valence-electron chi connectivity index (χ3n) is 3.02. The number of thioether (sulfide) groups is 1. The Kier molecular flexibility index (Phi) is 4.13. The quantitative estimate of drug-likeness (QED) is 0.877. The molecule has 0 bridgehead atoms. The second-order valence-corrected chi connectivity index (χ2v) is 5.44. The van der Waals surface area contributed by atoms with Gasteiger partial charge in [-0.15, -0.1) is 11.8 Å². The van der Waals surface area contributed by atoms with Gasteiger partial charge in [0, 0.05) is 10.1 Å². The van der Waals surface area contributed by atoms with E-state index in [0.717, 1.165) is 29.9 Å². The molecule has 0 aliphatic heterocycles. The van der Waals surface area contributed by atoms with Gasteiger partial charge in [0.15, 0.2) is 0 Å². The topological polar surface area (TPSA) is 29.5 Å². The Morgan fingerprint density at radius 3 is 2.75 bits per heavy atom. The summed E-state index contributed by atoms with van der Waals surface area (Å²) >= 11 is 1.75. The zero-order valence-corrected chi connectivity index (χ0v) is 10.4. The normalized spacial score (nSPS) is 25.4. The largest absolute Gasteiger partial charge is 0.496 e. The predicted octanol–water partition coefficient (Wildman–Crippen LogP) is 3.09. The maximum Gasteiger partial charge on any atom is 0.132 e. The fraction of sp³-hybridized carbons (Fsp3) is 0.538. The summed E-state index contributed by atoms with van der Waals surface area (Å²) in [5, 5.41) is 10.3. The molecule has 0 amide bonds. The molecule has 0 saturated heterocycles. The van der Waals surface area contributed by atoms with Crippen molar-refractivity contribution in [3.05, 3.63) is 24.3 Å². The number of benzene rings is 1. The third kappa shape index (κ3) is 2.71. The Labute approximate surface area is 101 Å². The van der Waals surface area contributed by atoms with Gasteiger partial charge in [0.1, 0.15) is 5.75 Å². The highest BCUT2D eigenvalue weighted by atomic mass is 32.2. The van der Waals surface area contributed by atoms with E-state index in [4.69, 9.17) is 4.74 Å². The van der Waals surface area contributed by atoms with E-state index in [1.807, 2.05) is 18.2 Å². The molecule has 1 aromatic rings. The van der Waals surface area contributed by atoms with Crippen LogP contribution in [-0.4, -0.2) is 23.6 Å². The van der Waals surface area contributed by atoms with Crippen LogP contribution in [0, 0.1) is 0 Å². The Balaban J connectivity index is 2.07. The first-order chi connectivity index (χ1) is 7.81. The lowest BCUT2D eigenvalue weighted by Gasteiger charge is -2.27. The lowest BCUT2D eigenvalue weighted by atomic mass is 9.97. The Hall–Kier alpha value is -0.670. The Morgan fingerprint density at radius 1 is 1.25 bits per heavy atom. The molecule has 16 heavy (non-hydrogen) atoms. The van der Waals surface area contributed by atoms with E-state index in [1.165, 1.54) is 6.42 Å². The zero-order chi connectivity index (χ0) is 11.4. The van der Waals surface area contributed by atoms with Crippen LogP contribution in [0.3, 0.4) is 0 Å². The third-order valence-corrected chi connectivity index (χ3v) is 4.46. The summed E-state index contributed by atoms with van der Waals surface area (Å²) in [5.74, 6) is 0.908. The van der Waals surface area contributed by atoms with Crippen LogP contribution in [0.5, 0.6) is 5.75 Å². The molecule has 1 fully saturated rings. The van der Waals surface area contributed by atoms with Crippen molar-refractivity contribution >= 4 is 11.8 Å². The van der Waals surface area contributed by atoms with Gasteiger partial charge in [-0.1, -0.05) is 25.0 Å². The van der Waals surface area contributed by atoms with Crippen molar-refractivity contribution < 1.29 is 9.84 Å². The molecule has 2 atom stereocenters. The lowest BCUT2D eigenvalue weighted by Crippen LogP contribution is -2.26. The van der Waals surface area contributed by atoms with Crippen molar-refractivity contribution in [2.45, 2.75) is 41.9 Å². The smallest absolute Gasteiger partial charge is 0.132 e. The molecule has 1 aliphatic carbocycles. The molecule has 0 radical (unpaired) electrons. The molecule has 1 aliphatic rings. The average molecular weight is 238 g/mol. The first-order valence-corrected chi connectivity index (χ1v) is 6.67. The highest BCUT2D eigenvalue weighted by Crippen LogP contribution is 2.38. The second kappa shape index (κ2) is 5.60. The van der Waals surface area contributed by atoms with Gasteiger partial charge in [-0.2, -0.15) is 0 Å². The maximum atomic E-state index is 9.93. The van der Waals surface area contributed by atoms with Gasteiger partial charge in [0.05, 0.1) is 13.2 Å². The summed E-state index contributed by atoms with van der Waals surface area (Å²) < 4.78 is 5.32. The molecule has 1 saturated carbocycles. The van der Waals surface area contributed by atoms with E-state index in [2.05, 4.69) is 6.07 Å². The molecule has 3 heteroatoms. The van der Waals surface area contributed by atoms with E-state index >= 15 is 0 Å². The summed E-state index contributed by atoms with van der Waals surface area (Å²) in [7, 11) is 1.69. The molecule has 1 aromatic carbocycles. The minimum absolute atomic E-state index is 0.163. The van der Waals surface area contributed by atoms with E-state index in [1.54, 1.807) is 18.9 Å². The van der Waals surface area contributed by atoms with Crippen molar-refractivity contribution in [3.63, 3.8) is 0 Å². The molecule has 0 unspecified atom stereocenters. The molecule has 0 spiro atoms. The molecule has 88 valence electrons. The number of rotatable bonds is 3. The fourth-order valence-electron chi connectivity index (χ4n) is 2.09. The minimum atomic E-state index is -0.163. The zero-order valence-electron chi connectivity index (χ0n) is 9.56. The van der Waals surface area contributed by atoms with Crippen LogP contribution in [-0.2, 0) is 0 Å². The molecule has 2 nitrogen and oxygen atoms in total. The van der Waals surface area contributed by atoms with Crippen molar-refractivity contribution in [1.29, 1.82) is 0 Å². The van der Waals surface area contributed by atoms with Gasteiger partial charge in [-0.3, -0.25) is 0 Å². The highest BCUT2D eigenvalue weighted by Gasteiger charge is 2.24. The van der Waals surface area contributed by atoms with Crippen LogP contribution in [0.1, 0.15) is 25.7 Å². The number of hydrogen-bond donors (Lipinski definition) is 1. The highest BCUT2D eigenvalue weighted by molar-refractivity contribution is 8.00. The minimum Gasteiger partial charge on any atom is -0.496 e.